The summed E-state index contributed by atoms with van der Waals surface area (Å²) in [5, 5.41) is 0. The Balaban J connectivity index is 1.83. The lowest BCUT2D eigenvalue weighted by Crippen LogP contribution is -2.17. The number of esters is 2. The number of aryl methyl sites for hydroxylation is 2. The number of aromatic nitrogens is 3. The van der Waals surface area contributed by atoms with E-state index in [0.29, 0.717) is 28.2 Å². The largest absolute Gasteiger partial charge is 0.465 e. The van der Waals surface area contributed by atoms with Gasteiger partial charge in [0.2, 0.25) is 0 Å². The summed E-state index contributed by atoms with van der Waals surface area (Å²) in [6.45, 7) is 5.04. The van der Waals surface area contributed by atoms with E-state index in [4.69, 9.17) is 9.47 Å². The highest BCUT2D eigenvalue weighted by molar-refractivity contribution is 5.98. The molecule has 0 aliphatic heterocycles. The molecular formula is C19H19N3O5. The van der Waals surface area contributed by atoms with Crippen LogP contribution in [-0.4, -0.2) is 33.4 Å². The number of rotatable bonds is 4. The Hall–Kier alpha value is -3.42. The van der Waals surface area contributed by atoms with Gasteiger partial charge in [0, 0.05) is 18.0 Å². The molecule has 0 aliphatic carbocycles. The Morgan fingerprint density at radius 2 is 1.93 bits per heavy atom. The van der Waals surface area contributed by atoms with Crippen molar-refractivity contribution in [2.45, 2.75) is 27.4 Å². The van der Waals surface area contributed by atoms with Crippen molar-refractivity contribution in [3.8, 4) is 0 Å². The topological polar surface area (TPSA) is 103 Å². The molecule has 0 aromatic carbocycles. The van der Waals surface area contributed by atoms with E-state index in [2.05, 4.69) is 9.97 Å². The second-order valence-electron chi connectivity index (χ2n) is 6.21. The number of aromatic amines is 1. The summed E-state index contributed by atoms with van der Waals surface area (Å²) in [5.74, 6) is -1.17. The van der Waals surface area contributed by atoms with E-state index in [1.807, 2.05) is 13.0 Å². The quantitative estimate of drug-likeness (QED) is 0.707. The van der Waals surface area contributed by atoms with E-state index in [-0.39, 0.29) is 17.9 Å². The van der Waals surface area contributed by atoms with E-state index in [1.54, 1.807) is 26.1 Å². The zero-order valence-corrected chi connectivity index (χ0v) is 15.5. The number of nitrogens with one attached hydrogen (secondary N) is 1. The van der Waals surface area contributed by atoms with Crippen molar-refractivity contribution in [2.75, 3.05) is 7.11 Å². The van der Waals surface area contributed by atoms with Crippen molar-refractivity contribution in [3.05, 3.63) is 68.5 Å². The van der Waals surface area contributed by atoms with Gasteiger partial charge in [0.25, 0.3) is 5.56 Å². The maximum absolute atomic E-state index is 12.4. The number of pyridine rings is 1. The van der Waals surface area contributed by atoms with Gasteiger partial charge >= 0.3 is 11.9 Å². The van der Waals surface area contributed by atoms with E-state index in [1.165, 1.54) is 17.6 Å². The molecule has 140 valence electrons. The molecule has 8 nitrogen and oxygen atoms in total. The minimum Gasteiger partial charge on any atom is -0.465 e. The lowest BCUT2D eigenvalue weighted by molar-refractivity contribution is 0.0460. The summed E-state index contributed by atoms with van der Waals surface area (Å²) in [5.41, 5.74) is 2.97. The Morgan fingerprint density at radius 1 is 1.19 bits per heavy atom. The fraction of sp³-hybridized carbons (Fsp3) is 0.263. The monoisotopic (exact) mass is 369 g/mol. The maximum Gasteiger partial charge on any atom is 0.355 e. The number of fused-ring (bicyclic) bond motifs is 1. The Kier molecular flexibility index (Phi) is 4.81. The van der Waals surface area contributed by atoms with Crippen molar-refractivity contribution >= 4 is 17.6 Å². The number of carbonyl (C=O) groups is 2. The highest BCUT2D eigenvalue weighted by atomic mass is 16.5. The van der Waals surface area contributed by atoms with Crippen LogP contribution >= 0.6 is 0 Å². The van der Waals surface area contributed by atoms with E-state index < -0.39 is 11.9 Å². The smallest absolute Gasteiger partial charge is 0.355 e. The molecule has 8 heteroatoms. The lowest BCUT2D eigenvalue weighted by Gasteiger charge is -2.06. The van der Waals surface area contributed by atoms with E-state index in [0.717, 1.165) is 5.56 Å². The third-order valence-corrected chi connectivity index (χ3v) is 4.26. The molecule has 0 radical (unpaired) electrons. The molecule has 0 atom stereocenters. The summed E-state index contributed by atoms with van der Waals surface area (Å²) in [7, 11) is 1.28. The van der Waals surface area contributed by atoms with E-state index in [9.17, 15) is 14.4 Å². The fourth-order valence-electron chi connectivity index (χ4n) is 2.90. The van der Waals surface area contributed by atoms with Gasteiger partial charge in [-0.15, -0.1) is 0 Å². The molecule has 0 aliphatic rings. The highest BCUT2D eigenvalue weighted by Crippen LogP contribution is 2.20. The van der Waals surface area contributed by atoms with Gasteiger partial charge < -0.3 is 14.5 Å². The SMILES string of the molecule is COC(=O)c1c(C)[nH]c(C(=O)OCc2cc(=O)n3ccc(C)cc3n2)c1C. The number of hydrogen-bond donors (Lipinski definition) is 1. The van der Waals surface area contributed by atoms with Crippen molar-refractivity contribution < 1.29 is 19.1 Å². The molecule has 27 heavy (non-hydrogen) atoms. The minimum absolute atomic E-state index is 0.163. The summed E-state index contributed by atoms with van der Waals surface area (Å²) in [6.07, 6.45) is 1.65. The summed E-state index contributed by atoms with van der Waals surface area (Å²) >= 11 is 0. The normalized spacial score (nSPS) is 10.8. The van der Waals surface area contributed by atoms with Crippen molar-refractivity contribution in [1.29, 1.82) is 0 Å². The van der Waals surface area contributed by atoms with Crippen LogP contribution in [0.2, 0.25) is 0 Å². The molecule has 0 bridgehead atoms. The van der Waals surface area contributed by atoms with Crippen LogP contribution in [0, 0.1) is 20.8 Å². The van der Waals surface area contributed by atoms with Gasteiger partial charge in [-0.05, 0) is 44.0 Å². The highest BCUT2D eigenvalue weighted by Gasteiger charge is 2.23. The zero-order chi connectivity index (χ0) is 19.7. The predicted octanol–water partition coefficient (Wildman–Crippen LogP) is 2.09. The van der Waals surface area contributed by atoms with E-state index >= 15 is 0 Å². The van der Waals surface area contributed by atoms with Crippen LogP contribution in [0.15, 0.2) is 29.2 Å². The first-order chi connectivity index (χ1) is 12.8. The zero-order valence-electron chi connectivity index (χ0n) is 15.5. The van der Waals surface area contributed by atoms with Crippen LogP contribution in [0.1, 0.15) is 43.4 Å². The standard InChI is InChI=1S/C19H19N3O5/c1-10-5-6-22-14(7-10)21-13(8-15(22)23)9-27-19(25)17-11(2)16(12(3)20-17)18(24)26-4/h5-8,20H,9H2,1-4H3. The van der Waals surface area contributed by atoms with Gasteiger partial charge in [0.15, 0.2) is 0 Å². The predicted molar refractivity (Wildman–Crippen MR) is 96.9 cm³/mol. The van der Waals surface area contributed by atoms with Crippen LogP contribution in [0.3, 0.4) is 0 Å². The molecule has 1 N–H and O–H groups in total. The Morgan fingerprint density at radius 3 is 2.63 bits per heavy atom. The Labute approximate surface area is 154 Å². The van der Waals surface area contributed by atoms with Crippen molar-refractivity contribution in [2.24, 2.45) is 0 Å². The van der Waals surface area contributed by atoms with Crippen LogP contribution in [0.5, 0.6) is 0 Å². The maximum atomic E-state index is 12.4. The molecule has 3 aromatic rings. The third-order valence-electron chi connectivity index (χ3n) is 4.26. The van der Waals surface area contributed by atoms with Crippen LogP contribution < -0.4 is 5.56 Å². The first-order valence-electron chi connectivity index (χ1n) is 8.25. The molecule has 0 amide bonds. The summed E-state index contributed by atoms with van der Waals surface area (Å²) < 4.78 is 11.4. The summed E-state index contributed by atoms with van der Waals surface area (Å²) in [4.78, 5) is 43.6. The average molecular weight is 369 g/mol. The lowest BCUT2D eigenvalue weighted by atomic mass is 10.1. The van der Waals surface area contributed by atoms with Crippen LogP contribution in [0.25, 0.3) is 5.65 Å². The number of carbonyl (C=O) groups excluding carboxylic acids is 2. The molecule has 0 saturated carbocycles. The number of H-pyrrole nitrogens is 1. The van der Waals surface area contributed by atoms with Crippen molar-refractivity contribution in [3.63, 3.8) is 0 Å². The molecule has 0 unspecified atom stereocenters. The second-order valence-corrected chi connectivity index (χ2v) is 6.21. The van der Waals surface area contributed by atoms with Gasteiger partial charge in [0.1, 0.15) is 17.9 Å². The third kappa shape index (κ3) is 3.46. The van der Waals surface area contributed by atoms with Crippen molar-refractivity contribution in [1.82, 2.24) is 14.4 Å². The van der Waals surface area contributed by atoms with Gasteiger partial charge in [-0.2, -0.15) is 0 Å². The Bertz CT molecular complexity index is 1110. The first kappa shape index (κ1) is 18.4. The fourth-order valence-corrected chi connectivity index (χ4v) is 2.90. The minimum atomic E-state index is -0.642. The van der Waals surface area contributed by atoms with Gasteiger partial charge in [0.05, 0.1) is 18.4 Å². The number of methoxy groups -OCH3 is 1. The van der Waals surface area contributed by atoms with Crippen LogP contribution in [0.4, 0.5) is 0 Å². The molecular weight excluding hydrogens is 350 g/mol. The number of ether oxygens (including phenoxy) is 2. The molecule has 0 saturated heterocycles. The van der Waals surface area contributed by atoms with Gasteiger partial charge in [-0.1, -0.05) is 0 Å². The van der Waals surface area contributed by atoms with Crippen LogP contribution in [-0.2, 0) is 16.1 Å². The average Bonchev–Trinajstić information content (AvgIpc) is 2.93. The summed E-state index contributed by atoms with van der Waals surface area (Å²) in [6, 6.07) is 4.90. The molecule has 0 fully saturated rings. The first-order valence-corrected chi connectivity index (χ1v) is 8.25. The second kappa shape index (κ2) is 7.06. The number of nitrogens with zero attached hydrogens (tertiary/aromatic N) is 2. The van der Waals surface area contributed by atoms with Gasteiger partial charge in [-0.25, -0.2) is 14.6 Å². The molecule has 0 spiro atoms. The molecule has 3 rings (SSSR count). The number of hydrogen-bond acceptors (Lipinski definition) is 6. The molecule has 3 aromatic heterocycles. The van der Waals surface area contributed by atoms with Gasteiger partial charge in [-0.3, -0.25) is 9.20 Å². The molecule has 3 heterocycles.